The molecular formula is C32H61NO. The van der Waals surface area contributed by atoms with E-state index in [0.717, 1.165) is 32.4 Å². The van der Waals surface area contributed by atoms with Gasteiger partial charge in [-0.2, -0.15) is 0 Å². The monoisotopic (exact) mass is 475 g/mol. The molecule has 1 amide bonds. The van der Waals surface area contributed by atoms with E-state index in [0.29, 0.717) is 5.91 Å². The smallest absolute Gasteiger partial charge is 0.222 e. The van der Waals surface area contributed by atoms with Gasteiger partial charge in [0, 0.05) is 19.5 Å². The van der Waals surface area contributed by atoms with E-state index in [1.54, 1.807) is 0 Å². The number of hydrogen-bond donors (Lipinski definition) is 0. The molecule has 0 aromatic rings. The van der Waals surface area contributed by atoms with Crippen molar-refractivity contribution in [1.29, 1.82) is 0 Å². The van der Waals surface area contributed by atoms with Gasteiger partial charge in [-0.15, -0.1) is 0 Å². The maximum Gasteiger partial charge on any atom is 0.222 e. The first kappa shape index (κ1) is 31.2. The molecule has 1 heterocycles. The number of carbonyl (C=O) groups is 1. The fourth-order valence-electron chi connectivity index (χ4n) is 5.25. The second-order valence-corrected chi connectivity index (χ2v) is 11.0. The Balaban J connectivity index is 1.67. The zero-order chi connectivity index (χ0) is 24.4. The predicted molar refractivity (Wildman–Crippen MR) is 151 cm³/mol. The van der Waals surface area contributed by atoms with E-state index in [4.69, 9.17) is 0 Å². The summed E-state index contributed by atoms with van der Waals surface area (Å²) in [5, 5.41) is 0. The van der Waals surface area contributed by atoms with Crippen molar-refractivity contribution in [1.82, 2.24) is 4.90 Å². The number of hydrogen-bond acceptors (Lipinski definition) is 1. The number of unbranched alkanes of at least 4 members (excludes halogenated alkanes) is 21. The van der Waals surface area contributed by atoms with Gasteiger partial charge in [0.05, 0.1) is 0 Å². The topological polar surface area (TPSA) is 20.3 Å². The van der Waals surface area contributed by atoms with Gasteiger partial charge < -0.3 is 4.90 Å². The van der Waals surface area contributed by atoms with E-state index in [-0.39, 0.29) is 0 Å². The molecule has 200 valence electrons. The lowest BCUT2D eigenvalue weighted by atomic mass is 10.0. The number of rotatable bonds is 25. The molecule has 0 unspecified atom stereocenters. The number of amides is 1. The van der Waals surface area contributed by atoms with Gasteiger partial charge in [0.25, 0.3) is 0 Å². The van der Waals surface area contributed by atoms with Gasteiger partial charge in [-0.3, -0.25) is 4.79 Å². The quantitative estimate of drug-likeness (QED) is 0.0949. The highest BCUT2D eigenvalue weighted by molar-refractivity contribution is 5.76. The van der Waals surface area contributed by atoms with Gasteiger partial charge in [0.15, 0.2) is 0 Å². The summed E-state index contributed by atoms with van der Waals surface area (Å²) in [4.78, 5) is 14.0. The average molecular weight is 476 g/mol. The highest BCUT2D eigenvalue weighted by atomic mass is 16.2. The van der Waals surface area contributed by atoms with Gasteiger partial charge in [-0.1, -0.05) is 141 Å². The summed E-state index contributed by atoms with van der Waals surface area (Å²) in [5.74, 6) is 0.375. The van der Waals surface area contributed by atoms with E-state index in [1.165, 1.54) is 148 Å². The molecule has 0 aromatic heterocycles. The Hall–Kier alpha value is -0.790. The number of allylic oxidation sites excluding steroid dienone is 2. The molecule has 0 N–H and O–H groups in total. The van der Waals surface area contributed by atoms with Crippen molar-refractivity contribution in [3.05, 3.63) is 12.2 Å². The van der Waals surface area contributed by atoms with Crippen LogP contribution < -0.4 is 0 Å². The molecule has 0 bridgehead atoms. The molecule has 1 rings (SSSR count). The minimum Gasteiger partial charge on any atom is -0.343 e. The predicted octanol–water partition coefficient (Wildman–Crippen LogP) is 10.5. The molecule has 0 saturated carbocycles. The Morgan fingerprint density at radius 1 is 0.529 bits per heavy atom. The van der Waals surface area contributed by atoms with E-state index >= 15 is 0 Å². The number of likely N-dealkylation sites (tertiary alicyclic amines) is 1. The Morgan fingerprint density at radius 2 is 0.882 bits per heavy atom. The number of nitrogens with zero attached hydrogens (tertiary/aromatic N) is 1. The molecular weight excluding hydrogens is 414 g/mol. The normalized spacial score (nSPS) is 14.0. The van der Waals surface area contributed by atoms with Crippen molar-refractivity contribution in [3.8, 4) is 0 Å². The second kappa shape index (κ2) is 25.3. The largest absolute Gasteiger partial charge is 0.343 e. The first-order chi connectivity index (χ1) is 16.8. The fourth-order valence-corrected chi connectivity index (χ4v) is 5.25. The summed E-state index contributed by atoms with van der Waals surface area (Å²) in [5.41, 5.74) is 0. The Kier molecular flexibility index (Phi) is 23.3. The van der Waals surface area contributed by atoms with E-state index < -0.39 is 0 Å². The summed E-state index contributed by atoms with van der Waals surface area (Å²) in [6.07, 6.45) is 40.0. The molecule has 2 nitrogen and oxygen atoms in total. The third kappa shape index (κ3) is 20.6. The molecule has 0 radical (unpaired) electrons. The summed E-state index contributed by atoms with van der Waals surface area (Å²) in [6.45, 7) is 4.29. The summed E-state index contributed by atoms with van der Waals surface area (Å²) < 4.78 is 0. The first-order valence-electron chi connectivity index (χ1n) is 15.8. The molecule has 0 atom stereocenters. The highest BCUT2D eigenvalue weighted by Crippen LogP contribution is 2.15. The molecule has 0 spiro atoms. The van der Waals surface area contributed by atoms with Crippen LogP contribution in [0.15, 0.2) is 12.2 Å². The van der Waals surface area contributed by atoms with Crippen LogP contribution in [0.4, 0.5) is 0 Å². The number of carbonyl (C=O) groups excluding carboxylic acids is 1. The Morgan fingerprint density at radius 3 is 1.29 bits per heavy atom. The van der Waals surface area contributed by atoms with Crippen molar-refractivity contribution in [2.45, 2.75) is 174 Å². The van der Waals surface area contributed by atoms with Crippen LogP contribution in [0.1, 0.15) is 174 Å². The van der Waals surface area contributed by atoms with Crippen molar-refractivity contribution >= 4 is 5.91 Å². The summed E-state index contributed by atoms with van der Waals surface area (Å²) in [7, 11) is 0. The minimum absolute atomic E-state index is 0.375. The lowest BCUT2D eigenvalue weighted by molar-refractivity contribution is -0.130. The van der Waals surface area contributed by atoms with Crippen LogP contribution in [-0.2, 0) is 4.79 Å². The molecule has 34 heavy (non-hydrogen) atoms. The van der Waals surface area contributed by atoms with Gasteiger partial charge in [0.2, 0.25) is 5.91 Å². The molecule has 1 aliphatic heterocycles. The molecule has 0 aromatic carbocycles. The average Bonchev–Trinajstić information content (AvgIpc) is 3.39. The van der Waals surface area contributed by atoms with Crippen molar-refractivity contribution in [2.75, 3.05) is 13.1 Å². The van der Waals surface area contributed by atoms with Crippen LogP contribution in [0, 0.1) is 0 Å². The van der Waals surface area contributed by atoms with Gasteiger partial charge in [0.1, 0.15) is 0 Å². The first-order valence-corrected chi connectivity index (χ1v) is 15.8. The Labute approximate surface area is 214 Å². The van der Waals surface area contributed by atoms with Crippen LogP contribution in [-0.4, -0.2) is 23.9 Å². The molecule has 2 heteroatoms. The van der Waals surface area contributed by atoms with Crippen molar-refractivity contribution in [2.24, 2.45) is 0 Å². The van der Waals surface area contributed by atoms with Crippen LogP contribution in [0.25, 0.3) is 0 Å². The van der Waals surface area contributed by atoms with Crippen LogP contribution >= 0.6 is 0 Å². The molecule has 1 saturated heterocycles. The van der Waals surface area contributed by atoms with Crippen LogP contribution in [0.2, 0.25) is 0 Å². The summed E-state index contributed by atoms with van der Waals surface area (Å²) in [6, 6.07) is 0. The third-order valence-electron chi connectivity index (χ3n) is 7.61. The Bertz CT molecular complexity index is 452. The molecule has 0 aliphatic carbocycles. The second-order valence-electron chi connectivity index (χ2n) is 11.0. The lowest BCUT2D eigenvalue weighted by Gasteiger charge is -2.14. The molecule has 1 aliphatic rings. The zero-order valence-corrected chi connectivity index (χ0v) is 23.3. The van der Waals surface area contributed by atoms with E-state index in [2.05, 4.69) is 19.1 Å². The van der Waals surface area contributed by atoms with Gasteiger partial charge in [-0.05, 0) is 38.5 Å². The van der Waals surface area contributed by atoms with E-state index in [1.807, 2.05) is 4.90 Å². The minimum atomic E-state index is 0.375. The molecule has 1 fully saturated rings. The van der Waals surface area contributed by atoms with Crippen LogP contribution in [0.3, 0.4) is 0 Å². The van der Waals surface area contributed by atoms with Crippen molar-refractivity contribution in [3.63, 3.8) is 0 Å². The maximum atomic E-state index is 12.0. The van der Waals surface area contributed by atoms with Crippen LogP contribution in [0.5, 0.6) is 0 Å². The fraction of sp³-hybridized carbons (Fsp3) is 0.906. The van der Waals surface area contributed by atoms with E-state index in [9.17, 15) is 4.79 Å². The van der Waals surface area contributed by atoms with Gasteiger partial charge in [-0.25, -0.2) is 0 Å². The maximum absolute atomic E-state index is 12.0. The summed E-state index contributed by atoms with van der Waals surface area (Å²) >= 11 is 0. The SMILES string of the molecule is CCCCCCCCCCCCCCCCCCCCCCC=CCCCC(=O)N1CCCC1. The highest BCUT2D eigenvalue weighted by Gasteiger charge is 2.16. The van der Waals surface area contributed by atoms with Gasteiger partial charge >= 0.3 is 0 Å². The lowest BCUT2D eigenvalue weighted by Crippen LogP contribution is -2.27. The van der Waals surface area contributed by atoms with Crippen molar-refractivity contribution < 1.29 is 4.79 Å². The standard InChI is InChI=1S/C32H61NO/c1-2-3-4-5-6-7-8-9-10-11-12-13-14-15-16-17-18-19-20-21-22-23-24-25-26-29-32(34)33-30-27-28-31-33/h23-24H,2-22,25-31H2,1H3. The third-order valence-corrected chi connectivity index (χ3v) is 7.61. The zero-order valence-electron chi connectivity index (χ0n) is 23.3.